The van der Waals surface area contributed by atoms with Crippen LogP contribution in [-0.4, -0.2) is 23.3 Å². The second-order valence-corrected chi connectivity index (χ2v) is 4.32. The summed E-state index contributed by atoms with van der Waals surface area (Å²) in [4.78, 5) is 0. The highest BCUT2D eigenvalue weighted by Crippen LogP contribution is 2.16. The summed E-state index contributed by atoms with van der Waals surface area (Å²) in [5.41, 5.74) is 0. The van der Waals surface area contributed by atoms with Gasteiger partial charge in [-0.2, -0.15) is 3.21 Å². The second-order valence-electron chi connectivity index (χ2n) is 1.82. The van der Waals surface area contributed by atoms with Crippen molar-refractivity contribution in [2.45, 2.75) is 12.2 Å². The fraction of sp³-hybridized carbons (Fsp3) is 0.800. The smallest absolute Gasteiger partial charge is 0.169 e. The molecule has 0 amide bonds. The fourth-order valence-corrected chi connectivity index (χ4v) is 1.93. The van der Waals surface area contributed by atoms with Gasteiger partial charge < -0.3 is 5.32 Å². The van der Waals surface area contributed by atoms with Gasteiger partial charge in [0.15, 0.2) is 4.50 Å². The molecule has 1 unspecified atom stereocenters. The number of rotatable bonds is 3. The summed E-state index contributed by atoms with van der Waals surface area (Å²) in [6.45, 7) is 3.05. The van der Waals surface area contributed by atoms with Crippen molar-refractivity contribution in [1.82, 2.24) is 5.32 Å². The first-order chi connectivity index (χ1) is 4.70. The lowest BCUT2D eigenvalue weighted by Gasteiger charge is -2.06. The first kappa shape index (κ1) is 11.0. The molecular formula is C5H10ClIN2S. The van der Waals surface area contributed by atoms with Crippen LogP contribution in [0.25, 0.3) is 0 Å². The van der Waals surface area contributed by atoms with E-state index in [0.29, 0.717) is 9.75 Å². The Balaban J connectivity index is 3.47. The van der Waals surface area contributed by atoms with Crippen LogP contribution in [0.5, 0.6) is 0 Å². The van der Waals surface area contributed by atoms with E-state index in [1.54, 1.807) is 11.8 Å². The predicted octanol–water partition coefficient (Wildman–Crippen LogP) is 2.27. The zero-order valence-corrected chi connectivity index (χ0v) is 9.63. The zero-order chi connectivity index (χ0) is 7.98. The molecule has 0 aromatic rings. The van der Waals surface area contributed by atoms with Crippen LogP contribution >= 0.6 is 46.2 Å². The van der Waals surface area contributed by atoms with Gasteiger partial charge in [-0.1, -0.05) is 30.3 Å². The van der Waals surface area contributed by atoms with Gasteiger partial charge in [-0.25, -0.2) is 0 Å². The topological polar surface area (TPSA) is 24.4 Å². The summed E-state index contributed by atoms with van der Waals surface area (Å²) in [6, 6.07) is 0. The molecule has 0 saturated carbocycles. The molecule has 0 spiro atoms. The standard InChI is InChI=1S/C5H10ClIN2S/c1-4(3-8-2)10-5(6)9-7/h4,8H,3H2,1-2H3/b9-5-. The SMILES string of the molecule is CNCC(C)S/C(Cl)=N\I. The molecule has 2 nitrogen and oxygen atoms in total. The van der Waals surface area contributed by atoms with E-state index in [9.17, 15) is 0 Å². The van der Waals surface area contributed by atoms with E-state index >= 15 is 0 Å². The van der Waals surface area contributed by atoms with E-state index in [2.05, 4.69) is 15.4 Å². The molecule has 10 heavy (non-hydrogen) atoms. The van der Waals surface area contributed by atoms with Crippen molar-refractivity contribution in [3.8, 4) is 0 Å². The van der Waals surface area contributed by atoms with Gasteiger partial charge in [-0.3, -0.25) is 0 Å². The summed E-state index contributed by atoms with van der Waals surface area (Å²) in [7, 11) is 1.92. The fourth-order valence-electron chi connectivity index (χ4n) is 0.515. The van der Waals surface area contributed by atoms with Crippen LogP contribution in [-0.2, 0) is 0 Å². The highest BCUT2D eigenvalue weighted by atomic mass is 127. The van der Waals surface area contributed by atoms with E-state index in [-0.39, 0.29) is 0 Å². The van der Waals surface area contributed by atoms with Crippen LogP contribution in [0.1, 0.15) is 6.92 Å². The maximum Gasteiger partial charge on any atom is 0.169 e. The Kier molecular flexibility index (Phi) is 7.36. The van der Waals surface area contributed by atoms with Crippen LogP contribution in [0.4, 0.5) is 0 Å². The van der Waals surface area contributed by atoms with Crippen LogP contribution in [0, 0.1) is 0 Å². The normalized spacial score (nSPS) is 15.4. The van der Waals surface area contributed by atoms with E-state index in [1.807, 2.05) is 29.9 Å². The van der Waals surface area contributed by atoms with Crippen molar-refractivity contribution >= 4 is 50.7 Å². The average molecular weight is 293 g/mol. The predicted molar refractivity (Wildman–Crippen MR) is 58.3 cm³/mol. The van der Waals surface area contributed by atoms with Gasteiger partial charge >= 0.3 is 0 Å². The lowest BCUT2D eigenvalue weighted by molar-refractivity contribution is 0.787. The van der Waals surface area contributed by atoms with E-state index in [4.69, 9.17) is 11.6 Å². The molecule has 0 fully saturated rings. The number of nitrogens with zero attached hydrogens (tertiary/aromatic N) is 1. The van der Waals surface area contributed by atoms with E-state index in [1.165, 1.54) is 0 Å². The molecule has 0 heterocycles. The minimum absolute atomic E-state index is 0.482. The summed E-state index contributed by atoms with van der Waals surface area (Å²) in [5, 5.41) is 3.54. The van der Waals surface area contributed by atoms with Crippen molar-refractivity contribution < 1.29 is 0 Å². The molecule has 0 saturated heterocycles. The van der Waals surface area contributed by atoms with Gasteiger partial charge in [0.25, 0.3) is 0 Å². The molecule has 0 aliphatic rings. The van der Waals surface area contributed by atoms with Gasteiger partial charge in [0, 0.05) is 11.8 Å². The highest BCUT2D eigenvalue weighted by molar-refractivity contribution is 14.1. The van der Waals surface area contributed by atoms with Crippen molar-refractivity contribution in [3.05, 3.63) is 0 Å². The average Bonchev–Trinajstić information content (AvgIpc) is 1.88. The lowest BCUT2D eigenvalue weighted by atomic mass is 10.5. The Morgan fingerprint density at radius 3 is 2.90 bits per heavy atom. The summed E-state index contributed by atoms with van der Waals surface area (Å²) in [5.74, 6) is 0. The third-order valence-electron chi connectivity index (χ3n) is 0.856. The first-order valence-electron chi connectivity index (χ1n) is 2.86. The van der Waals surface area contributed by atoms with Gasteiger partial charge in [-0.15, -0.1) is 0 Å². The Morgan fingerprint density at radius 1 is 1.90 bits per heavy atom. The van der Waals surface area contributed by atoms with Crippen LogP contribution in [0.15, 0.2) is 3.21 Å². The van der Waals surface area contributed by atoms with Crippen molar-refractivity contribution in [1.29, 1.82) is 0 Å². The summed E-state index contributed by atoms with van der Waals surface area (Å²) >= 11 is 9.13. The largest absolute Gasteiger partial charge is 0.319 e. The summed E-state index contributed by atoms with van der Waals surface area (Å²) in [6.07, 6.45) is 0. The molecule has 0 aromatic carbocycles. The minimum Gasteiger partial charge on any atom is -0.319 e. The van der Waals surface area contributed by atoms with Gasteiger partial charge in [0.2, 0.25) is 0 Å². The minimum atomic E-state index is 0.482. The first-order valence-corrected chi connectivity index (χ1v) is 5.08. The van der Waals surface area contributed by atoms with E-state index in [0.717, 1.165) is 6.54 Å². The van der Waals surface area contributed by atoms with Crippen molar-refractivity contribution in [2.75, 3.05) is 13.6 Å². The third kappa shape index (κ3) is 5.76. The Morgan fingerprint density at radius 2 is 2.50 bits per heavy atom. The molecule has 0 bridgehead atoms. The maximum absolute atomic E-state index is 5.67. The number of thioether (sulfide) groups is 1. The van der Waals surface area contributed by atoms with E-state index < -0.39 is 0 Å². The lowest BCUT2D eigenvalue weighted by Crippen LogP contribution is -2.18. The quantitative estimate of drug-likeness (QED) is 0.490. The van der Waals surface area contributed by atoms with Gasteiger partial charge in [0.05, 0.1) is 22.9 Å². The molecule has 1 atom stereocenters. The maximum atomic E-state index is 5.67. The molecule has 60 valence electrons. The highest BCUT2D eigenvalue weighted by Gasteiger charge is 2.03. The Bertz CT molecular complexity index is 120. The van der Waals surface area contributed by atoms with Crippen LogP contribution in [0.3, 0.4) is 0 Å². The summed E-state index contributed by atoms with van der Waals surface area (Å²) < 4.78 is 4.41. The molecule has 0 rings (SSSR count). The van der Waals surface area contributed by atoms with Crippen molar-refractivity contribution in [3.63, 3.8) is 0 Å². The molecule has 0 radical (unpaired) electrons. The molecule has 1 N–H and O–H groups in total. The number of nitrogens with one attached hydrogen (secondary N) is 1. The molecular weight excluding hydrogens is 282 g/mol. The Hall–Kier alpha value is 1.00. The van der Waals surface area contributed by atoms with Gasteiger partial charge in [-0.05, 0) is 7.05 Å². The number of hydrogen-bond acceptors (Lipinski definition) is 3. The molecule has 0 aliphatic heterocycles. The molecule has 0 aromatic heterocycles. The molecule has 5 heteroatoms. The number of halogens is 2. The number of hydrogen-bond donors (Lipinski definition) is 1. The van der Waals surface area contributed by atoms with Crippen LogP contribution < -0.4 is 5.32 Å². The third-order valence-corrected chi connectivity index (χ3v) is 3.16. The Labute approximate surface area is 84.7 Å². The van der Waals surface area contributed by atoms with Gasteiger partial charge in [0.1, 0.15) is 0 Å². The van der Waals surface area contributed by atoms with Crippen molar-refractivity contribution in [2.24, 2.45) is 3.21 Å². The monoisotopic (exact) mass is 292 g/mol. The van der Waals surface area contributed by atoms with Crippen LogP contribution in [0.2, 0.25) is 0 Å². The second kappa shape index (κ2) is 6.69. The molecule has 0 aliphatic carbocycles. The zero-order valence-electron chi connectivity index (χ0n) is 5.90.